The quantitative estimate of drug-likeness (QED) is 0.680. The molecule has 1 rings (SSSR count). The number of amides is 1. The second-order valence-electron chi connectivity index (χ2n) is 4.57. The van der Waals surface area contributed by atoms with Gasteiger partial charge in [0.2, 0.25) is 5.91 Å². The van der Waals surface area contributed by atoms with Crippen LogP contribution in [-0.2, 0) is 4.79 Å². The lowest BCUT2D eigenvalue weighted by atomic mass is 10.2. The van der Waals surface area contributed by atoms with E-state index in [1.54, 1.807) is 17.0 Å². The van der Waals surface area contributed by atoms with Crippen molar-refractivity contribution in [3.8, 4) is 5.75 Å². The van der Waals surface area contributed by atoms with Crippen molar-refractivity contribution in [3.05, 3.63) is 29.3 Å². The van der Waals surface area contributed by atoms with Gasteiger partial charge >= 0.3 is 0 Å². The van der Waals surface area contributed by atoms with Crippen LogP contribution in [0.25, 0.3) is 0 Å². The average Bonchev–Trinajstić information content (AvgIpc) is 2.42. The molecule has 1 aromatic rings. The van der Waals surface area contributed by atoms with Gasteiger partial charge in [0.1, 0.15) is 5.75 Å². The molecule has 0 aliphatic carbocycles. The van der Waals surface area contributed by atoms with Crippen LogP contribution in [0.1, 0.15) is 32.6 Å². The summed E-state index contributed by atoms with van der Waals surface area (Å²) in [4.78, 5) is 13.6. The second kappa shape index (κ2) is 8.81. The molecular formula is C15H22ClNO2. The minimum absolute atomic E-state index is 0.188. The van der Waals surface area contributed by atoms with E-state index in [-0.39, 0.29) is 5.91 Å². The molecule has 1 amide bonds. The normalized spacial score (nSPS) is 10.3. The van der Waals surface area contributed by atoms with E-state index in [9.17, 15) is 4.79 Å². The Morgan fingerprint density at radius 1 is 1.26 bits per heavy atom. The summed E-state index contributed by atoms with van der Waals surface area (Å²) in [5.74, 6) is 0.976. The molecule has 0 unspecified atom stereocenters. The summed E-state index contributed by atoms with van der Waals surface area (Å²) < 4.78 is 5.54. The molecule has 1 aromatic carbocycles. The predicted molar refractivity (Wildman–Crippen MR) is 78.7 cm³/mol. The number of halogens is 1. The first-order chi connectivity index (χ1) is 9.13. The minimum atomic E-state index is 0.188. The summed E-state index contributed by atoms with van der Waals surface area (Å²) in [6.45, 7) is 3.51. The van der Waals surface area contributed by atoms with Crippen molar-refractivity contribution in [2.45, 2.75) is 32.6 Å². The maximum Gasteiger partial charge on any atom is 0.222 e. The van der Waals surface area contributed by atoms with Crippen molar-refractivity contribution < 1.29 is 9.53 Å². The van der Waals surface area contributed by atoms with Gasteiger partial charge in [-0.2, -0.15) is 0 Å². The van der Waals surface area contributed by atoms with Crippen LogP contribution >= 0.6 is 11.6 Å². The third-order valence-corrected chi connectivity index (χ3v) is 3.14. The number of nitrogens with zero attached hydrogens (tertiary/aromatic N) is 1. The van der Waals surface area contributed by atoms with E-state index in [0.717, 1.165) is 31.6 Å². The molecule has 4 heteroatoms. The maximum atomic E-state index is 11.8. The highest BCUT2D eigenvalue weighted by molar-refractivity contribution is 6.30. The van der Waals surface area contributed by atoms with Crippen LogP contribution < -0.4 is 4.74 Å². The van der Waals surface area contributed by atoms with Crippen molar-refractivity contribution in [1.82, 2.24) is 4.90 Å². The number of hydrogen-bond acceptors (Lipinski definition) is 2. The van der Waals surface area contributed by atoms with Crippen molar-refractivity contribution in [2.24, 2.45) is 0 Å². The molecule has 19 heavy (non-hydrogen) atoms. The van der Waals surface area contributed by atoms with Crippen molar-refractivity contribution in [1.29, 1.82) is 0 Å². The van der Waals surface area contributed by atoms with Gasteiger partial charge in [0.25, 0.3) is 0 Å². The Hall–Kier alpha value is -1.22. The molecular weight excluding hydrogens is 262 g/mol. The van der Waals surface area contributed by atoms with Crippen LogP contribution in [0.15, 0.2) is 24.3 Å². The largest absolute Gasteiger partial charge is 0.494 e. The van der Waals surface area contributed by atoms with Gasteiger partial charge in [-0.15, -0.1) is 0 Å². The molecule has 0 atom stereocenters. The summed E-state index contributed by atoms with van der Waals surface area (Å²) >= 11 is 5.79. The van der Waals surface area contributed by atoms with Crippen LogP contribution in [0.3, 0.4) is 0 Å². The van der Waals surface area contributed by atoms with Crippen LogP contribution in [0.5, 0.6) is 5.75 Å². The van der Waals surface area contributed by atoms with Crippen LogP contribution in [0.2, 0.25) is 5.02 Å². The van der Waals surface area contributed by atoms with E-state index >= 15 is 0 Å². The summed E-state index contributed by atoms with van der Waals surface area (Å²) in [5, 5.41) is 0.695. The number of carbonyl (C=O) groups is 1. The number of ether oxygens (including phenoxy) is 1. The molecule has 0 bridgehead atoms. The molecule has 0 N–H and O–H groups in total. The Balaban J connectivity index is 2.16. The highest BCUT2D eigenvalue weighted by Gasteiger charge is 2.07. The molecule has 0 aliphatic heterocycles. The van der Waals surface area contributed by atoms with Gasteiger partial charge in [-0.3, -0.25) is 4.79 Å². The molecule has 0 fully saturated rings. The maximum absolute atomic E-state index is 11.8. The average molecular weight is 284 g/mol. The Morgan fingerprint density at radius 3 is 2.58 bits per heavy atom. The monoisotopic (exact) mass is 283 g/mol. The van der Waals surface area contributed by atoms with E-state index < -0.39 is 0 Å². The van der Waals surface area contributed by atoms with Crippen molar-refractivity contribution in [3.63, 3.8) is 0 Å². The predicted octanol–water partition coefficient (Wildman–Crippen LogP) is 3.76. The molecule has 0 saturated heterocycles. The Morgan fingerprint density at radius 2 is 1.95 bits per heavy atom. The molecule has 0 aliphatic rings. The summed E-state index contributed by atoms with van der Waals surface area (Å²) in [6.07, 6.45) is 3.44. The van der Waals surface area contributed by atoms with Gasteiger partial charge in [-0.1, -0.05) is 24.9 Å². The zero-order valence-electron chi connectivity index (χ0n) is 11.7. The molecule has 3 nitrogen and oxygen atoms in total. The van der Waals surface area contributed by atoms with Gasteiger partial charge in [-0.25, -0.2) is 0 Å². The highest BCUT2D eigenvalue weighted by Crippen LogP contribution is 2.15. The number of rotatable bonds is 8. The fourth-order valence-electron chi connectivity index (χ4n) is 1.66. The molecule has 0 heterocycles. The zero-order valence-corrected chi connectivity index (χ0v) is 12.4. The molecule has 106 valence electrons. The fourth-order valence-corrected chi connectivity index (χ4v) is 1.78. The topological polar surface area (TPSA) is 29.5 Å². The third kappa shape index (κ3) is 6.48. The SMILES string of the molecule is CCCCN(C)C(=O)CCCOc1ccc(Cl)cc1. The highest BCUT2D eigenvalue weighted by atomic mass is 35.5. The lowest BCUT2D eigenvalue weighted by molar-refractivity contribution is -0.130. The minimum Gasteiger partial charge on any atom is -0.494 e. The fraction of sp³-hybridized carbons (Fsp3) is 0.533. The van der Waals surface area contributed by atoms with Crippen LogP contribution in [-0.4, -0.2) is 31.0 Å². The summed E-state index contributed by atoms with van der Waals surface area (Å²) in [5.41, 5.74) is 0. The van der Waals surface area contributed by atoms with Crippen LogP contribution in [0.4, 0.5) is 0 Å². The zero-order chi connectivity index (χ0) is 14.1. The van der Waals surface area contributed by atoms with Crippen molar-refractivity contribution >= 4 is 17.5 Å². The number of carbonyl (C=O) groups excluding carboxylic acids is 1. The van der Waals surface area contributed by atoms with Gasteiger partial charge in [0, 0.05) is 25.0 Å². The van der Waals surface area contributed by atoms with Gasteiger partial charge in [0.05, 0.1) is 6.61 Å². The first-order valence-electron chi connectivity index (χ1n) is 6.75. The number of hydrogen-bond donors (Lipinski definition) is 0. The summed E-state index contributed by atoms with van der Waals surface area (Å²) in [7, 11) is 1.86. The molecule has 0 aromatic heterocycles. The van der Waals surface area contributed by atoms with Gasteiger partial charge in [0.15, 0.2) is 0 Å². The second-order valence-corrected chi connectivity index (χ2v) is 5.01. The Labute approximate surface area is 120 Å². The van der Waals surface area contributed by atoms with Crippen molar-refractivity contribution in [2.75, 3.05) is 20.2 Å². The van der Waals surface area contributed by atoms with E-state index in [4.69, 9.17) is 16.3 Å². The van der Waals surface area contributed by atoms with Gasteiger partial charge in [-0.05, 0) is 37.1 Å². The Kier molecular flexibility index (Phi) is 7.34. The Bertz CT molecular complexity index is 378. The van der Waals surface area contributed by atoms with E-state index in [1.807, 2.05) is 19.2 Å². The number of benzene rings is 1. The molecule has 0 saturated carbocycles. The molecule has 0 radical (unpaired) electrons. The van der Waals surface area contributed by atoms with Gasteiger partial charge < -0.3 is 9.64 Å². The molecule has 0 spiro atoms. The van der Waals surface area contributed by atoms with E-state index in [2.05, 4.69) is 6.92 Å². The summed E-state index contributed by atoms with van der Waals surface area (Å²) in [6, 6.07) is 7.25. The first kappa shape index (κ1) is 15.8. The lowest BCUT2D eigenvalue weighted by Crippen LogP contribution is -2.27. The standard InChI is InChI=1S/C15H22ClNO2/c1-3-4-11-17(2)15(18)6-5-12-19-14-9-7-13(16)8-10-14/h7-10H,3-6,11-12H2,1-2H3. The number of unbranched alkanes of at least 4 members (excludes halogenated alkanes) is 1. The smallest absolute Gasteiger partial charge is 0.222 e. The van der Waals surface area contributed by atoms with E-state index in [1.165, 1.54) is 0 Å². The third-order valence-electron chi connectivity index (χ3n) is 2.89. The van der Waals surface area contributed by atoms with Crippen LogP contribution in [0, 0.1) is 0 Å². The van der Waals surface area contributed by atoms with E-state index in [0.29, 0.717) is 18.1 Å². The first-order valence-corrected chi connectivity index (χ1v) is 7.13. The lowest BCUT2D eigenvalue weighted by Gasteiger charge is -2.16.